The molecule has 1 saturated carbocycles. The van der Waals surface area contributed by atoms with Crippen molar-refractivity contribution in [3.8, 4) is 0 Å². The van der Waals surface area contributed by atoms with Crippen molar-refractivity contribution >= 4 is 0 Å². The van der Waals surface area contributed by atoms with E-state index in [2.05, 4.69) is 6.92 Å². The lowest BCUT2D eigenvalue weighted by atomic mass is 10.3. The average Bonchev–Trinajstić information content (AvgIpc) is 2.10. The van der Waals surface area contributed by atoms with E-state index in [1.165, 1.54) is 0 Å². The van der Waals surface area contributed by atoms with Gasteiger partial charge in [-0.1, -0.05) is 0 Å². The summed E-state index contributed by atoms with van der Waals surface area (Å²) < 4.78 is 5.54. The lowest BCUT2D eigenvalue weighted by molar-refractivity contribution is -0.00271. The molecule has 0 aromatic carbocycles. The molecule has 0 saturated heterocycles. The second-order valence-electron chi connectivity index (χ2n) is 3.29. The van der Waals surface area contributed by atoms with Gasteiger partial charge in [-0.2, -0.15) is 0 Å². The summed E-state index contributed by atoms with van der Waals surface area (Å²) in [4.78, 5) is 0. The lowest BCUT2D eigenvalue weighted by Crippen LogP contribution is -2.23. The summed E-state index contributed by atoms with van der Waals surface area (Å²) in [5.41, 5.74) is 5.63. The van der Waals surface area contributed by atoms with Gasteiger partial charge < -0.3 is 10.5 Å². The molecule has 0 aliphatic heterocycles. The zero-order valence-electron chi connectivity index (χ0n) is 6.35. The van der Waals surface area contributed by atoms with Crippen molar-refractivity contribution < 1.29 is 4.74 Å². The molecule has 0 bridgehead atoms. The quantitative estimate of drug-likeness (QED) is 0.601. The largest absolute Gasteiger partial charge is 0.371 e. The van der Waals surface area contributed by atoms with Crippen molar-refractivity contribution in [1.82, 2.24) is 0 Å². The topological polar surface area (TPSA) is 35.2 Å². The molecule has 0 amide bonds. The number of hydrogen-bond acceptors (Lipinski definition) is 2. The first-order valence-corrected chi connectivity index (χ1v) is 3.48. The van der Waals surface area contributed by atoms with E-state index >= 15 is 0 Å². The fourth-order valence-corrected chi connectivity index (χ4v) is 1.05. The lowest BCUT2D eigenvalue weighted by Gasteiger charge is -2.14. The first-order valence-electron chi connectivity index (χ1n) is 3.48. The molecule has 1 fully saturated rings. The maximum Gasteiger partial charge on any atom is 0.0825 e. The first kappa shape index (κ1) is 7.03. The molecule has 1 aliphatic rings. The Hall–Kier alpha value is -0.0800. The van der Waals surface area contributed by atoms with Crippen molar-refractivity contribution in [2.45, 2.75) is 44.9 Å². The second-order valence-corrected chi connectivity index (χ2v) is 3.29. The molecule has 54 valence electrons. The van der Waals surface area contributed by atoms with Crippen LogP contribution in [0.4, 0.5) is 0 Å². The molecule has 0 aromatic rings. The van der Waals surface area contributed by atoms with E-state index in [4.69, 9.17) is 10.5 Å². The van der Waals surface area contributed by atoms with Crippen LogP contribution in [0.1, 0.15) is 27.2 Å². The van der Waals surface area contributed by atoms with Crippen LogP contribution < -0.4 is 5.73 Å². The highest BCUT2D eigenvalue weighted by molar-refractivity contribution is 5.05. The minimum Gasteiger partial charge on any atom is -0.371 e. The number of hydrogen-bond donors (Lipinski definition) is 1. The van der Waals surface area contributed by atoms with Gasteiger partial charge in [-0.25, -0.2) is 0 Å². The van der Waals surface area contributed by atoms with Gasteiger partial charge in [0.1, 0.15) is 0 Å². The molecule has 0 unspecified atom stereocenters. The van der Waals surface area contributed by atoms with Crippen molar-refractivity contribution in [2.24, 2.45) is 5.73 Å². The fraction of sp³-hybridized carbons (Fsp3) is 1.00. The van der Waals surface area contributed by atoms with E-state index in [0.717, 1.165) is 6.42 Å². The third-order valence-electron chi connectivity index (χ3n) is 1.75. The molecule has 9 heavy (non-hydrogen) atoms. The third kappa shape index (κ3) is 1.43. The highest BCUT2D eigenvalue weighted by Gasteiger charge is 2.49. The molecular weight excluding hydrogens is 114 g/mol. The molecule has 0 spiro atoms. The monoisotopic (exact) mass is 129 g/mol. The van der Waals surface area contributed by atoms with Crippen molar-refractivity contribution in [1.29, 1.82) is 0 Å². The van der Waals surface area contributed by atoms with Crippen molar-refractivity contribution in [2.75, 3.05) is 0 Å². The molecule has 0 radical (unpaired) electrons. The van der Waals surface area contributed by atoms with Crippen LogP contribution in [0.25, 0.3) is 0 Å². The third-order valence-corrected chi connectivity index (χ3v) is 1.75. The van der Waals surface area contributed by atoms with E-state index in [9.17, 15) is 0 Å². The highest BCUT2D eigenvalue weighted by atomic mass is 16.5. The molecule has 2 nitrogen and oxygen atoms in total. The Morgan fingerprint density at radius 1 is 1.67 bits per heavy atom. The van der Waals surface area contributed by atoms with Gasteiger partial charge in [-0.3, -0.25) is 0 Å². The van der Waals surface area contributed by atoms with Crippen LogP contribution in [0.2, 0.25) is 0 Å². The van der Waals surface area contributed by atoms with Crippen LogP contribution in [0.3, 0.4) is 0 Å². The van der Waals surface area contributed by atoms with Gasteiger partial charge in [0.25, 0.3) is 0 Å². The summed E-state index contributed by atoms with van der Waals surface area (Å²) in [5.74, 6) is 0. The van der Waals surface area contributed by atoms with Crippen LogP contribution in [0.15, 0.2) is 0 Å². The maximum atomic E-state index is 5.62. The van der Waals surface area contributed by atoms with Gasteiger partial charge in [0, 0.05) is 6.04 Å². The Balaban J connectivity index is 2.29. The fourth-order valence-electron chi connectivity index (χ4n) is 1.05. The van der Waals surface area contributed by atoms with Crippen LogP contribution in [0.5, 0.6) is 0 Å². The maximum absolute atomic E-state index is 5.62. The summed E-state index contributed by atoms with van der Waals surface area (Å²) in [6.45, 7) is 6.14. The van der Waals surface area contributed by atoms with E-state index in [0.29, 0.717) is 6.10 Å². The minimum atomic E-state index is 0.00810. The molecule has 0 heterocycles. The van der Waals surface area contributed by atoms with Gasteiger partial charge in [0.05, 0.1) is 11.7 Å². The van der Waals surface area contributed by atoms with Crippen molar-refractivity contribution in [3.63, 3.8) is 0 Å². The minimum absolute atomic E-state index is 0.00810. The van der Waals surface area contributed by atoms with Crippen LogP contribution in [-0.4, -0.2) is 17.7 Å². The predicted molar refractivity (Wildman–Crippen MR) is 37.2 cm³/mol. The van der Waals surface area contributed by atoms with Gasteiger partial charge in [-0.05, 0) is 27.2 Å². The number of ether oxygens (including phenoxy) is 1. The standard InChI is InChI=1S/C7H15NO/c1-5(2)9-7(3)4-6(7)8/h5-6H,4,8H2,1-3H3/t6-,7+/m0/s1. The second kappa shape index (κ2) is 1.96. The highest BCUT2D eigenvalue weighted by Crippen LogP contribution is 2.38. The predicted octanol–water partition coefficient (Wildman–Crippen LogP) is 0.901. The molecule has 2 heteroatoms. The molecule has 1 aliphatic carbocycles. The number of nitrogens with two attached hydrogens (primary N) is 1. The van der Waals surface area contributed by atoms with Gasteiger partial charge in [0.2, 0.25) is 0 Å². The Bertz CT molecular complexity index is 113. The summed E-state index contributed by atoms with van der Waals surface area (Å²) in [6, 6.07) is 0.278. The van der Waals surface area contributed by atoms with Crippen LogP contribution >= 0.6 is 0 Å². The Kier molecular flexibility index (Phi) is 1.53. The van der Waals surface area contributed by atoms with Crippen LogP contribution in [-0.2, 0) is 4.74 Å². The molecule has 0 aromatic heterocycles. The van der Waals surface area contributed by atoms with E-state index < -0.39 is 0 Å². The normalized spacial score (nSPS) is 41.7. The summed E-state index contributed by atoms with van der Waals surface area (Å²) in [6.07, 6.45) is 1.33. The molecular formula is C7H15NO. The smallest absolute Gasteiger partial charge is 0.0825 e. The van der Waals surface area contributed by atoms with E-state index in [-0.39, 0.29) is 11.6 Å². The van der Waals surface area contributed by atoms with Gasteiger partial charge in [-0.15, -0.1) is 0 Å². The average molecular weight is 129 g/mol. The molecule has 2 N–H and O–H groups in total. The van der Waals surface area contributed by atoms with Crippen molar-refractivity contribution in [3.05, 3.63) is 0 Å². The molecule has 2 atom stereocenters. The Labute approximate surface area is 56.4 Å². The van der Waals surface area contributed by atoms with Gasteiger partial charge >= 0.3 is 0 Å². The SMILES string of the molecule is CC(C)O[C@]1(C)C[C@@H]1N. The van der Waals surface area contributed by atoms with Crippen LogP contribution in [0, 0.1) is 0 Å². The number of rotatable bonds is 2. The zero-order chi connectivity index (χ0) is 7.07. The zero-order valence-corrected chi connectivity index (χ0v) is 6.35. The summed E-state index contributed by atoms with van der Waals surface area (Å²) >= 11 is 0. The van der Waals surface area contributed by atoms with Gasteiger partial charge in [0.15, 0.2) is 0 Å². The Morgan fingerprint density at radius 2 is 2.11 bits per heavy atom. The van der Waals surface area contributed by atoms with E-state index in [1.54, 1.807) is 0 Å². The summed E-state index contributed by atoms with van der Waals surface area (Å²) in [7, 11) is 0. The van der Waals surface area contributed by atoms with E-state index in [1.807, 2.05) is 13.8 Å². The molecule has 1 rings (SSSR count). The first-order chi connectivity index (χ1) is 4.04. The summed E-state index contributed by atoms with van der Waals surface area (Å²) in [5, 5.41) is 0. The Morgan fingerprint density at radius 3 is 2.22 bits per heavy atom.